The van der Waals surface area contributed by atoms with Gasteiger partial charge in [-0.1, -0.05) is 24.3 Å². The van der Waals surface area contributed by atoms with Gasteiger partial charge in [-0.3, -0.25) is 10.4 Å². The summed E-state index contributed by atoms with van der Waals surface area (Å²) in [7, 11) is 0. The Balaban J connectivity index is 1.91. The third-order valence-corrected chi connectivity index (χ3v) is 2.83. The molecule has 0 saturated carbocycles. The van der Waals surface area contributed by atoms with Gasteiger partial charge in [0.15, 0.2) is 11.7 Å². The number of benzene rings is 1. The zero-order chi connectivity index (χ0) is 13.8. The van der Waals surface area contributed by atoms with Crippen LogP contribution in [-0.2, 0) is 0 Å². The average molecular weight is 264 g/mol. The summed E-state index contributed by atoms with van der Waals surface area (Å²) in [5.74, 6) is 0.933. The van der Waals surface area contributed by atoms with Crippen LogP contribution < -0.4 is 11.2 Å². The number of hydrogen-bond donors (Lipinski definition) is 2. The quantitative estimate of drug-likeness (QED) is 0.427. The van der Waals surface area contributed by atoms with Gasteiger partial charge in [0, 0.05) is 28.7 Å². The number of pyridine rings is 1. The highest BCUT2D eigenvalue weighted by molar-refractivity contribution is 5.98. The molecule has 98 valence electrons. The van der Waals surface area contributed by atoms with E-state index in [2.05, 4.69) is 25.7 Å². The van der Waals surface area contributed by atoms with Crippen molar-refractivity contribution in [1.82, 2.24) is 15.2 Å². The van der Waals surface area contributed by atoms with Crippen LogP contribution in [0.3, 0.4) is 0 Å². The van der Waals surface area contributed by atoms with Crippen LogP contribution in [0.15, 0.2) is 60.1 Å². The van der Waals surface area contributed by atoms with Crippen LogP contribution in [0.4, 0.5) is 5.82 Å². The minimum atomic E-state index is 0.363. The number of amidine groups is 1. The predicted molar refractivity (Wildman–Crippen MR) is 78.1 cm³/mol. The number of hydrogen-bond acceptors (Lipinski definition) is 5. The van der Waals surface area contributed by atoms with Gasteiger partial charge in [0.05, 0.1) is 6.20 Å². The number of nitrogens with one attached hydrogen (secondary N) is 1. The lowest BCUT2D eigenvalue weighted by Crippen LogP contribution is -2.15. The predicted octanol–water partition coefficient (Wildman–Crippen LogP) is 1.76. The molecule has 3 N–H and O–H groups in total. The summed E-state index contributed by atoms with van der Waals surface area (Å²) in [5, 5.41) is 14.0. The molecule has 2 heterocycles. The van der Waals surface area contributed by atoms with Gasteiger partial charge < -0.3 is 5.73 Å². The van der Waals surface area contributed by atoms with Gasteiger partial charge in [-0.05, 0) is 12.1 Å². The SMILES string of the molecule is N/C(=N/Nc1nncc2ccccc12)c1ccncc1. The molecular formula is C14H12N6. The number of fused-ring (bicyclic) bond motifs is 1. The van der Waals surface area contributed by atoms with Crippen LogP contribution in [0, 0.1) is 0 Å². The first-order chi connectivity index (χ1) is 9.84. The van der Waals surface area contributed by atoms with Gasteiger partial charge in [-0.2, -0.15) is 10.2 Å². The van der Waals surface area contributed by atoms with E-state index in [1.54, 1.807) is 30.7 Å². The van der Waals surface area contributed by atoms with E-state index in [4.69, 9.17) is 5.73 Å². The van der Waals surface area contributed by atoms with Crippen molar-refractivity contribution in [2.45, 2.75) is 0 Å². The van der Waals surface area contributed by atoms with E-state index in [1.807, 2.05) is 24.3 Å². The average Bonchev–Trinajstić information content (AvgIpc) is 2.53. The van der Waals surface area contributed by atoms with Crippen LogP contribution in [0.25, 0.3) is 10.8 Å². The van der Waals surface area contributed by atoms with Gasteiger partial charge >= 0.3 is 0 Å². The van der Waals surface area contributed by atoms with Crippen LogP contribution in [0.5, 0.6) is 0 Å². The second kappa shape index (κ2) is 5.31. The Morgan fingerprint density at radius 1 is 1.10 bits per heavy atom. The van der Waals surface area contributed by atoms with E-state index in [9.17, 15) is 0 Å². The Bertz CT molecular complexity index is 748. The summed E-state index contributed by atoms with van der Waals surface area (Å²) >= 11 is 0. The fraction of sp³-hybridized carbons (Fsp3) is 0. The van der Waals surface area contributed by atoms with Crippen molar-refractivity contribution >= 4 is 22.4 Å². The smallest absolute Gasteiger partial charge is 0.176 e. The lowest BCUT2D eigenvalue weighted by molar-refractivity contribution is 1.04. The normalized spacial score (nSPS) is 11.5. The standard InChI is InChI=1S/C14H12N6/c15-13(10-5-7-16-8-6-10)18-20-14-12-4-2-1-3-11(12)9-17-19-14/h1-9H,(H2,15,18)(H,19,20). The fourth-order valence-corrected chi connectivity index (χ4v) is 1.81. The van der Waals surface area contributed by atoms with Crippen LogP contribution >= 0.6 is 0 Å². The molecule has 0 bridgehead atoms. The summed E-state index contributed by atoms with van der Waals surface area (Å²) in [5.41, 5.74) is 9.55. The van der Waals surface area contributed by atoms with Gasteiger partial charge in [-0.25, -0.2) is 0 Å². The molecule has 6 nitrogen and oxygen atoms in total. The molecule has 0 atom stereocenters. The summed E-state index contributed by atoms with van der Waals surface area (Å²) in [6.45, 7) is 0. The minimum Gasteiger partial charge on any atom is -0.382 e. The van der Waals surface area contributed by atoms with Gasteiger partial charge in [0.25, 0.3) is 0 Å². The third kappa shape index (κ3) is 2.39. The maximum absolute atomic E-state index is 5.90. The molecule has 0 unspecified atom stereocenters. The molecule has 6 heteroatoms. The lowest BCUT2D eigenvalue weighted by Gasteiger charge is -2.04. The molecule has 3 rings (SSSR count). The van der Waals surface area contributed by atoms with Crippen molar-refractivity contribution in [2.24, 2.45) is 10.8 Å². The van der Waals surface area contributed by atoms with E-state index < -0.39 is 0 Å². The van der Waals surface area contributed by atoms with E-state index in [-0.39, 0.29) is 0 Å². The highest BCUT2D eigenvalue weighted by atomic mass is 15.4. The van der Waals surface area contributed by atoms with E-state index in [1.165, 1.54) is 0 Å². The number of nitrogens with two attached hydrogens (primary N) is 1. The van der Waals surface area contributed by atoms with E-state index >= 15 is 0 Å². The second-order valence-electron chi connectivity index (χ2n) is 4.13. The molecule has 0 radical (unpaired) electrons. The zero-order valence-corrected chi connectivity index (χ0v) is 10.6. The maximum atomic E-state index is 5.90. The number of hydrazone groups is 1. The number of anilines is 1. The molecule has 0 fully saturated rings. The molecule has 0 spiro atoms. The van der Waals surface area contributed by atoms with Crippen molar-refractivity contribution in [3.05, 3.63) is 60.6 Å². The highest BCUT2D eigenvalue weighted by Crippen LogP contribution is 2.19. The van der Waals surface area contributed by atoms with E-state index in [0.717, 1.165) is 16.3 Å². The first-order valence-corrected chi connectivity index (χ1v) is 6.04. The number of rotatable bonds is 3. The first kappa shape index (κ1) is 12.0. The molecule has 20 heavy (non-hydrogen) atoms. The van der Waals surface area contributed by atoms with Gasteiger partial charge in [0.1, 0.15) is 0 Å². The zero-order valence-electron chi connectivity index (χ0n) is 10.6. The largest absolute Gasteiger partial charge is 0.382 e. The summed E-state index contributed by atoms with van der Waals surface area (Å²) < 4.78 is 0. The van der Waals surface area contributed by atoms with Crippen molar-refractivity contribution in [3.63, 3.8) is 0 Å². The Kier molecular flexibility index (Phi) is 3.20. The molecule has 2 aromatic heterocycles. The highest BCUT2D eigenvalue weighted by Gasteiger charge is 2.02. The third-order valence-electron chi connectivity index (χ3n) is 2.83. The summed E-state index contributed by atoms with van der Waals surface area (Å²) in [6.07, 6.45) is 5.03. The Labute approximate surface area is 115 Å². The maximum Gasteiger partial charge on any atom is 0.176 e. The van der Waals surface area contributed by atoms with Crippen molar-refractivity contribution in [2.75, 3.05) is 5.43 Å². The van der Waals surface area contributed by atoms with Crippen molar-refractivity contribution in [1.29, 1.82) is 0 Å². The minimum absolute atomic E-state index is 0.363. The van der Waals surface area contributed by atoms with Gasteiger partial charge in [-0.15, -0.1) is 5.10 Å². The summed E-state index contributed by atoms with van der Waals surface area (Å²) in [6, 6.07) is 11.4. The van der Waals surface area contributed by atoms with E-state index in [0.29, 0.717) is 11.7 Å². The fourth-order valence-electron chi connectivity index (χ4n) is 1.81. The lowest BCUT2D eigenvalue weighted by atomic mass is 10.2. The molecule has 0 aliphatic carbocycles. The topological polar surface area (TPSA) is 89.1 Å². The Hall–Kier alpha value is -3.02. The monoisotopic (exact) mass is 264 g/mol. The molecule has 0 amide bonds. The molecular weight excluding hydrogens is 252 g/mol. The summed E-state index contributed by atoms with van der Waals surface area (Å²) in [4.78, 5) is 3.93. The number of nitrogens with zero attached hydrogens (tertiary/aromatic N) is 4. The van der Waals surface area contributed by atoms with Crippen molar-refractivity contribution < 1.29 is 0 Å². The van der Waals surface area contributed by atoms with Crippen molar-refractivity contribution in [3.8, 4) is 0 Å². The molecule has 3 aromatic rings. The van der Waals surface area contributed by atoms with Gasteiger partial charge in [0.2, 0.25) is 0 Å². The Morgan fingerprint density at radius 3 is 2.75 bits per heavy atom. The molecule has 0 saturated heterocycles. The second-order valence-corrected chi connectivity index (χ2v) is 4.13. The van der Waals surface area contributed by atoms with Crippen LogP contribution in [0.2, 0.25) is 0 Å². The van der Waals surface area contributed by atoms with Crippen LogP contribution in [-0.4, -0.2) is 21.0 Å². The molecule has 1 aromatic carbocycles. The van der Waals surface area contributed by atoms with Crippen LogP contribution in [0.1, 0.15) is 5.56 Å². The first-order valence-electron chi connectivity index (χ1n) is 6.04. The Morgan fingerprint density at radius 2 is 1.90 bits per heavy atom. The number of aromatic nitrogens is 3. The molecule has 0 aliphatic rings. The molecule has 0 aliphatic heterocycles.